The van der Waals surface area contributed by atoms with Crippen molar-refractivity contribution in [1.29, 1.82) is 0 Å². The summed E-state index contributed by atoms with van der Waals surface area (Å²) in [7, 11) is 0. The van der Waals surface area contributed by atoms with E-state index >= 15 is 0 Å². The number of carbonyl (C=O) groups excluding carboxylic acids is 1. The second-order valence-corrected chi connectivity index (χ2v) is 5.43. The molecule has 0 aliphatic heterocycles. The van der Waals surface area contributed by atoms with Gasteiger partial charge >= 0.3 is 5.97 Å². The first-order valence-corrected chi connectivity index (χ1v) is 7.90. The molecule has 2 N–H and O–H groups in total. The fraction of sp³-hybridized carbons (Fsp3) is 0.222. The van der Waals surface area contributed by atoms with E-state index in [0.717, 1.165) is 0 Å². The molecule has 0 aliphatic rings. The summed E-state index contributed by atoms with van der Waals surface area (Å²) < 4.78 is 5.31. The highest BCUT2D eigenvalue weighted by atomic mass is 16.6. The van der Waals surface area contributed by atoms with Crippen LogP contribution in [0.1, 0.15) is 35.3 Å². The maximum absolute atomic E-state index is 12.4. The molecule has 0 fully saturated rings. The molecule has 136 valence electrons. The highest BCUT2D eigenvalue weighted by Gasteiger charge is 2.21. The Kier molecular flexibility index (Phi) is 6.26. The molecule has 2 aromatic carbocycles. The molecule has 0 saturated heterocycles. The first-order chi connectivity index (χ1) is 12.4. The smallest absolute Gasteiger partial charge is 0.305 e. The number of hydrogen-bond acceptors (Lipinski definition) is 5. The third-order valence-electron chi connectivity index (χ3n) is 3.59. The Morgan fingerprint density at radius 3 is 2.50 bits per heavy atom. The molecule has 0 aliphatic carbocycles. The van der Waals surface area contributed by atoms with Gasteiger partial charge < -0.3 is 15.2 Å². The van der Waals surface area contributed by atoms with Gasteiger partial charge in [-0.05, 0) is 36.8 Å². The van der Waals surface area contributed by atoms with E-state index in [-0.39, 0.29) is 5.69 Å². The van der Waals surface area contributed by atoms with E-state index in [4.69, 9.17) is 9.84 Å². The van der Waals surface area contributed by atoms with Gasteiger partial charge in [0.15, 0.2) is 0 Å². The molecule has 0 unspecified atom stereocenters. The molecule has 0 aromatic heterocycles. The van der Waals surface area contributed by atoms with Crippen LogP contribution in [0.15, 0.2) is 48.5 Å². The number of aliphatic carboxylic acids is 1. The zero-order chi connectivity index (χ0) is 19.1. The molecule has 0 radical (unpaired) electrons. The number of ether oxygens (including phenoxy) is 1. The normalized spacial score (nSPS) is 11.4. The van der Waals surface area contributed by atoms with Crippen molar-refractivity contribution < 1.29 is 24.4 Å². The maximum Gasteiger partial charge on any atom is 0.305 e. The lowest BCUT2D eigenvalue weighted by Crippen LogP contribution is -2.30. The first kappa shape index (κ1) is 18.9. The average Bonchev–Trinajstić information content (AvgIpc) is 2.61. The van der Waals surface area contributed by atoms with Gasteiger partial charge in [0.25, 0.3) is 11.6 Å². The number of non-ortho nitro benzene ring substituents is 1. The molecule has 0 spiro atoms. The van der Waals surface area contributed by atoms with Crippen LogP contribution in [0.2, 0.25) is 0 Å². The lowest BCUT2D eigenvalue weighted by molar-refractivity contribution is -0.384. The van der Waals surface area contributed by atoms with Gasteiger partial charge in [-0.3, -0.25) is 19.7 Å². The number of amides is 1. The van der Waals surface area contributed by atoms with Crippen LogP contribution in [-0.4, -0.2) is 28.5 Å². The minimum atomic E-state index is -1.13. The van der Waals surface area contributed by atoms with E-state index in [9.17, 15) is 19.7 Å². The second-order valence-electron chi connectivity index (χ2n) is 5.43. The minimum Gasteiger partial charge on any atom is -0.494 e. The molecule has 1 amide bonds. The Bertz CT molecular complexity index is 804. The van der Waals surface area contributed by atoms with Gasteiger partial charge in [-0.25, -0.2) is 0 Å². The number of carboxylic acids is 1. The number of nitro groups is 1. The van der Waals surface area contributed by atoms with Crippen molar-refractivity contribution in [3.63, 3.8) is 0 Å². The monoisotopic (exact) mass is 358 g/mol. The predicted molar refractivity (Wildman–Crippen MR) is 93.2 cm³/mol. The summed E-state index contributed by atoms with van der Waals surface area (Å²) in [4.78, 5) is 33.9. The summed E-state index contributed by atoms with van der Waals surface area (Å²) in [6.45, 7) is 2.34. The first-order valence-electron chi connectivity index (χ1n) is 7.90. The molecule has 1 atom stereocenters. The van der Waals surface area contributed by atoms with E-state index in [0.29, 0.717) is 23.5 Å². The van der Waals surface area contributed by atoms with Gasteiger partial charge in [-0.2, -0.15) is 0 Å². The highest BCUT2D eigenvalue weighted by Crippen LogP contribution is 2.22. The van der Waals surface area contributed by atoms with Crippen LogP contribution in [-0.2, 0) is 4.79 Å². The molecule has 2 aromatic rings. The number of rotatable bonds is 8. The van der Waals surface area contributed by atoms with Gasteiger partial charge in [0.1, 0.15) is 5.75 Å². The Hall–Kier alpha value is -3.42. The van der Waals surface area contributed by atoms with Crippen LogP contribution in [0.5, 0.6) is 5.75 Å². The summed E-state index contributed by atoms with van der Waals surface area (Å²) >= 11 is 0. The zero-order valence-corrected chi connectivity index (χ0v) is 14.0. The Balaban J connectivity index is 2.21. The number of nitrogens with one attached hydrogen (secondary N) is 1. The largest absolute Gasteiger partial charge is 0.494 e. The number of hydrogen-bond donors (Lipinski definition) is 2. The molecule has 2 rings (SSSR count). The van der Waals surface area contributed by atoms with Crippen molar-refractivity contribution >= 4 is 17.6 Å². The van der Waals surface area contributed by atoms with Gasteiger partial charge in [0.2, 0.25) is 0 Å². The summed E-state index contributed by atoms with van der Waals surface area (Å²) in [5.74, 6) is -0.996. The SMILES string of the molecule is CCOc1ccc(C(=O)N[C@H](CC(=O)O)c2cccc([N+](=O)[O-])c2)cc1. The fourth-order valence-electron chi connectivity index (χ4n) is 2.39. The predicted octanol–water partition coefficient (Wildman–Crippen LogP) is 2.94. The van der Waals surface area contributed by atoms with E-state index in [1.807, 2.05) is 6.92 Å². The molecule has 0 saturated carbocycles. The molecule has 0 heterocycles. The quantitative estimate of drug-likeness (QED) is 0.553. The highest BCUT2D eigenvalue weighted by molar-refractivity contribution is 5.94. The second kappa shape index (κ2) is 8.61. The van der Waals surface area contributed by atoms with Crippen LogP contribution in [0.3, 0.4) is 0 Å². The summed E-state index contributed by atoms with van der Waals surface area (Å²) in [6, 6.07) is 11.0. The lowest BCUT2D eigenvalue weighted by Gasteiger charge is -2.17. The van der Waals surface area contributed by atoms with Crippen molar-refractivity contribution in [2.24, 2.45) is 0 Å². The standard InChI is InChI=1S/C18H18N2O6/c1-2-26-15-8-6-12(7-9-15)18(23)19-16(11-17(21)22)13-4-3-5-14(10-13)20(24)25/h3-10,16H,2,11H2,1H3,(H,19,23)(H,21,22)/t16-/m1/s1. The Morgan fingerprint density at radius 1 is 1.23 bits per heavy atom. The van der Waals surface area contributed by atoms with Crippen molar-refractivity contribution in [2.75, 3.05) is 6.61 Å². The van der Waals surface area contributed by atoms with Crippen molar-refractivity contribution in [1.82, 2.24) is 5.32 Å². The van der Waals surface area contributed by atoms with Crippen LogP contribution < -0.4 is 10.1 Å². The van der Waals surface area contributed by atoms with Crippen molar-refractivity contribution in [3.05, 3.63) is 69.8 Å². The zero-order valence-electron chi connectivity index (χ0n) is 14.0. The van der Waals surface area contributed by atoms with Gasteiger partial charge in [0.05, 0.1) is 24.0 Å². The molecular formula is C18H18N2O6. The van der Waals surface area contributed by atoms with Gasteiger partial charge in [-0.15, -0.1) is 0 Å². The number of nitrogens with zero attached hydrogens (tertiary/aromatic N) is 1. The molecular weight excluding hydrogens is 340 g/mol. The number of nitro benzene ring substituents is 1. The summed E-state index contributed by atoms with van der Waals surface area (Å²) in [6.07, 6.45) is -0.399. The van der Waals surface area contributed by atoms with Gasteiger partial charge in [0, 0.05) is 17.7 Å². The number of carbonyl (C=O) groups is 2. The van der Waals surface area contributed by atoms with Crippen LogP contribution in [0.4, 0.5) is 5.69 Å². The number of carboxylic acid groups (broad SMARTS) is 1. The van der Waals surface area contributed by atoms with Crippen molar-refractivity contribution in [2.45, 2.75) is 19.4 Å². The van der Waals surface area contributed by atoms with E-state index in [1.165, 1.54) is 18.2 Å². The topological polar surface area (TPSA) is 119 Å². The molecule has 0 bridgehead atoms. The summed E-state index contributed by atoms with van der Waals surface area (Å²) in [5.41, 5.74) is 0.503. The fourth-order valence-corrected chi connectivity index (χ4v) is 2.39. The molecule has 8 heteroatoms. The third kappa shape index (κ3) is 5.04. The summed E-state index contributed by atoms with van der Waals surface area (Å²) in [5, 5.41) is 22.6. The molecule has 8 nitrogen and oxygen atoms in total. The Morgan fingerprint density at radius 2 is 1.92 bits per heavy atom. The van der Waals surface area contributed by atoms with Crippen LogP contribution in [0.25, 0.3) is 0 Å². The number of benzene rings is 2. The maximum atomic E-state index is 12.4. The van der Waals surface area contributed by atoms with E-state index < -0.39 is 29.3 Å². The van der Waals surface area contributed by atoms with Gasteiger partial charge in [-0.1, -0.05) is 12.1 Å². The van der Waals surface area contributed by atoms with Crippen molar-refractivity contribution in [3.8, 4) is 5.75 Å². The minimum absolute atomic E-state index is 0.173. The van der Waals surface area contributed by atoms with Crippen LogP contribution in [0, 0.1) is 10.1 Å². The Labute approximate surface area is 149 Å². The van der Waals surface area contributed by atoms with E-state index in [1.54, 1.807) is 30.3 Å². The average molecular weight is 358 g/mol. The lowest BCUT2D eigenvalue weighted by atomic mass is 10.0. The third-order valence-corrected chi connectivity index (χ3v) is 3.59. The molecule has 26 heavy (non-hydrogen) atoms. The van der Waals surface area contributed by atoms with Crippen LogP contribution >= 0.6 is 0 Å². The van der Waals surface area contributed by atoms with E-state index in [2.05, 4.69) is 5.32 Å².